The second kappa shape index (κ2) is 9.71. The molecular weight excluding hydrogens is 326 g/mol. The lowest BCUT2D eigenvalue weighted by atomic mass is 10.3. The third kappa shape index (κ3) is 6.52. The number of halogens is 1. The van der Waals surface area contributed by atoms with Crippen LogP contribution < -0.4 is 10.9 Å². The summed E-state index contributed by atoms with van der Waals surface area (Å²) in [6, 6.07) is 8.77. The molecule has 0 atom stereocenters. The highest BCUT2D eigenvalue weighted by Crippen LogP contribution is 2.19. The van der Waals surface area contributed by atoms with Crippen molar-refractivity contribution in [1.29, 1.82) is 5.26 Å². The molecule has 0 heterocycles. The van der Waals surface area contributed by atoms with Crippen molar-refractivity contribution in [2.24, 2.45) is 0 Å². The maximum Gasteiger partial charge on any atom is 0.350 e. The van der Waals surface area contributed by atoms with Crippen LogP contribution in [0.3, 0.4) is 0 Å². The van der Waals surface area contributed by atoms with Crippen molar-refractivity contribution in [1.82, 2.24) is 10.9 Å². The van der Waals surface area contributed by atoms with Crippen LogP contribution in [0.2, 0.25) is 5.02 Å². The third-order valence-corrected chi connectivity index (χ3v) is 3.49. The summed E-state index contributed by atoms with van der Waals surface area (Å²) in [5.74, 6) is -0.885. The summed E-state index contributed by atoms with van der Waals surface area (Å²) in [4.78, 5) is 23.8. The summed E-state index contributed by atoms with van der Waals surface area (Å²) >= 11 is 7.09. The van der Waals surface area contributed by atoms with Crippen LogP contribution in [0.4, 0.5) is 0 Å². The predicted molar refractivity (Wildman–Crippen MR) is 83.8 cm³/mol. The number of nitrogens with one attached hydrogen (secondary N) is 2. The largest absolute Gasteiger partial charge is 0.462 e. The van der Waals surface area contributed by atoms with Crippen LogP contribution in [0, 0.1) is 11.3 Å². The molecule has 0 unspecified atom stereocenters. The van der Waals surface area contributed by atoms with Crippen molar-refractivity contribution >= 4 is 35.2 Å². The fourth-order valence-corrected chi connectivity index (χ4v) is 2.07. The Morgan fingerprint density at radius 2 is 2.09 bits per heavy atom. The fourth-order valence-electron chi connectivity index (χ4n) is 1.25. The van der Waals surface area contributed by atoms with Crippen LogP contribution in [0.25, 0.3) is 0 Å². The van der Waals surface area contributed by atoms with Gasteiger partial charge in [-0.2, -0.15) is 5.26 Å². The number of nitriles is 1. The zero-order valence-corrected chi connectivity index (χ0v) is 13.3. The van der Waals surface area contributed by atoms with Gasteiger partial charge in [0.2, 0.25) is 5.91 Å². The average molecular weight is 340 g/mol. The Kier molecular flexibility index (Phi) is 7.89. The first kappa shape index (κ1) is 17.9. The van der Waals surface area contributed by atoms with Crippen molar-refractivity contribution in [2.75, 3.05) is 12.4 Å². The smallest absolute Gasteiger partial charge is 0.350 e. The summed E-state index contributed by atoms with van der Waals surface area (Å²) < 4.78 is 4.67. The molecule has 0 bridgehead atoms. The van der Waals surface area contributed by atoms with Gasteiger partial charge < -0.3 is 10.2 Å². The number of hydrazine groups is 1. The van der Waals surface area contributed by atoms with Gasteiger partial charge in [0.05, 0.1) is 12.4 Å². The van der Waals surface area contributed by atoms with Gasteiger partial charge in [0.25, 0.3) is 0 Å². The van der Waals surface area contributed by atoms with Gasteiger partial charge >= 0.3 is 5.97 Å². The summed E-state index contributed by atoms with van der Waals surface area (Å²) in [6.07, 6.45) is 1.09. The molecule has 8 heteroatoms. The quantitative estimate of drug-likeness (QED) is 0.260. The van der Waals surface area contributed by atoms with E-state index in [1.54, 1.807) is 25.1 Å². The van der Waals surface area contributed by atoms with Gasteiger partial charge in [-0.05, 0) is 31.2 Å². The Morgan fingerprint density at radius 3 is 2.68 bits per heavy atom. The highest BCUT2D eigenvalue weighted by Gasteiger charge is 2.09. The van der Waals surface area contributed by atoms with Gasteiger partial charge in [0.1, 0.15) is 6.07 Å². The van der Waals surface area contributed by atoms with Crippen LogP contribution in [-0.2, 0) is 14.3 Å². The topological polar surface area (TPSA) is 91.2 Å². The van der Waals surface area contributed by atoms with Crippen molar-refractivity contribution in [3.63, 3.8) is 0 Å². The maximum atomic E-state index is 11.6. The van der Waals surface area contributed by atoms with E-state index in [9.17, 15) is 9.59 Å². The summed E-state index contributed by atoms with van der Waals surface area (Å²) in [6.45, 7) is 1.80. The van der Waals surface area contributed by atoms with Crippen LogP contribution in [0.5, 0.6) is 0 Å². The molecule has 1 aromatic carbocycles. The van der Waals surface area contributed by atoms with E-state index < -0.39 is 5.97 Å². The second-order valence-electron chi connectivity index (χ2n) is 3.83. The molecule has 0 aliphatic rings. The normalized spacial score (nSPS) is 10.5. The number of amides is 1. The van der Waals surface area contributed by atoms with Gasteiger partial charge in [0, 0.05) is 16.1 Å². The van der Waals surface area contributed by atoms with Gasteiger partial charge in [-0.15, -0.1) is 11.8 Å². The van der Waals surface area contributed by atoms with E-state index in [0.29, 0.717) is 5.02 Å². The Hall–Kier alpha value is -2.17. The molecule has 0 fully saturated rings. The molecule has 0 spiro atoms. The van der Waals surface area contributed by atoms with E-state index in [1.165, 1.54) is 11.8 Å². The molecule has 116 valence electrons. The molecule has 0 aliphatic heterocycles. The standard InChI is InChI=1S/C14H14ClN3O3S/c1-2-21-14(20)10(7-16)8-17-18-13(19)9-22-12-5-3-11(15)4-6-12/h3-6,8,17H,2,9H2,1H3,(H,18,19)/b10-8+. The third-order valence-electron chi connectivity index (χ3n) is 2.23. The molecule has 22 heavy (non-hydrogen) atoms. The van der Waals surface area contributed by atoms with E-state index in [0.717, 1.165) is 11.1 Å². The molecule has 0 saturated carbocycles. The maximum absolute atomic E-state index is 11.6. The zero-order valence-electron chi connectivity index (χ0n) is 11.8. The molecule has 2 N–H and O–H groups in total. The van der Waals surface area contributed by atoms with E-state index in [2.05, 4.69) is 15.6 Å². The number of rotatable bonds is 7. The zero-order chi connectivity index (χ0) is 16.4. The van der Waals surface area contributed by atoms with Crippen molar-refractivity contribution in [2.45, 2.75) is 11.8 Å². The highest BCUT2D eigenvalue weighted by molar-refractivity contribution is 8.00. The lowest BCUT2D eigenvalue weighted by molar-refractivity contribution is -0.138. The number of carbonyl (C=O) groups is 2. The monoisotopic (exact) mass is 339 g/mol. The molecule has 1 aromatic rings. The molecule has 0 aliphatic carbocycles. The molecule has 0 radical (unpaired) electrons. The van der Waals surface area contributed by atoms with Crippen LogP contribution in [0.15, 0.2) is 40.9 Å². The summed E-state index contributed by atoms with van der Waals surface area (Å²) in [7, 11) is 0. The number of esters is 1. The van der Waals surface area contributed by atoms with E-state index >= 15 is 0 Å². The number of nitrogens with zero attached hydrogens (tertiary/aromatic N) is 1. The molecule has 0 saturated heterocycles. The molecule has 1 rings (SSSR count). The number of ether oxygens (including phenoxy) is 1. The van der Waals surface area contributed by atoms with E-state index in [4.69, 9.17) is 16.9 Å². The minimum absolute atomic E-state index is 0.169. The van der Waals surface area contributed by atoms with Gasteiger partial charge in [0.15, 0.2) is 5.57 Å². The fraction of sp³-hybridized carbons (Fsp3) is 0.214. The number of benzene rings is 1. The van der Waals surface area contributed by atoms with Crippen molar-refractivity contribution < 1.29 is 14.3 Å². The Balaban J connectivity index is 2.38. The summed E-state index contributed by atoms with van der Waals surface area (Å²) in [5, 5.41) is 9.40. The Bertz CT molecular complexity index is 596. The SMILES string of the molecule is CCOC(=O)/C(C#N)=C/NNC(=O)CSc1ccc(Cl)cc1. The molecule has 1 amide bonds. The van der Waals surface area contributed by atoms with Gasteiger partial charge in [-0.1, -0.05) is 11.6 Å². The lowest BCUT2D eigenvalue weighted by Crippen LogP contribution is -2.35. The number of thioether (sulfide) groups is 1. The van der Waals surface area contributed by atoms with Crippen molar-refractivity contribution in [3.05, 3.63) is 41.1 Å². The first-order valence-electron chi connectivity index (χ1n) is 6.27. The Morgan fingerprint density at radius 1 is 1.41 bits per heavy atom. The lowest BCUT2D eigenvalue weighted by Gasteiger charge is -2.05. The minimum Gasteiger partial charge on any atom is -0.462 e. The number of hydrogen-bond acceptors (Lipinski definition) is 6. The average Bonchev–Trinajstić information content (AvgIpc) is 2.51. The first-order valence-corrected chi connectivity index (χ1v) is 7.63. The Labute approximate surface area is 137 Å². The van der Waals surface area contributed by atoms with Gasteiger partial charge in [-0.3, -0.25) is 10.2 Å². The van der Waals surface area contributed by atoms with Gasteiger partial charge in [-0.25, -0.2) is 4.79 Å². The summed E-state index contributed by atoms with van der Waals surface area (Å²) in [5.41, 5.74) is 4.53. The highest BCUT2D eigenvalue weighted by atomic mass is 35.5. The van der Waals surface area contributed by atoms with Crippen LogP contribution >= 0.6 is 23.4 Å². The van der Waals surface area contributed by atoms with Crippen molar-refractivity contribution in [3.8, 4) is 6.07 Å². The van der Waals surface area contributed by atoms with Crippen LogP contribution in [0.1, 0.15) is 6.92 Å². The first-order chi connectivity index (χ1) is 10.6. The molecular formula is C14H14ClN3O3S. The molecule has 6 nitrogen and oxygen atoms in total. The van der Waals surface area contributed by atoms with Crippen LogP contribution in [-0.4, -0.2) is 24.2 Å². The predicted octanol–water partition coefficient (Wildman–Crippen LogP) is 2.02. The van der Waals surface area contributed by atoms with E-state index in [-0.39, 0.29) is 23.8 Å². The number of carbonyl (C=O) groups excluding carboxylic acids is 2. The molecule has 0 aromatic heterocycles. The second-order valence-corrected chi connectivity index (χ2v) is 5.31. The minimum atomic E-state index is -0.748. The van der Waals surface area contributed by atoms with E-state index in [1.807, 2.05) is 12.1 Å². The number of hydrogen-bond donors (Lipinski definition) is 2.